The molecule has 1 fully saturated rings. The first-order valence-corrected chi connectivity index (χ1v) is 10.6. The molecule has 2 N–H and O–H groups in total. The fourth-order valence-corrected chi connectivity index (χ4v) is 4.73. The molecule has 0 amide bonds. The number of carbonyl (C=O) groups is 1. The predicted octanol–water partition coefficient (Wildman–Crippen LogP) is 4.62. The average molecular weight is 402 g/mol. The van der Waals surface area contributed by atoms with E-state index in [0.29, 0.717) is 29.2 Å². The number of hydrogen-bond donors (Lipinski definition) is 2. The van der Waals surface area contributed by atoms with Crippen LogP contribution in [-0.4, -0.2) is 34.6 Å². The minimum Gasteiger partial charge on any atom is -0.469 e. The fourth-order valence-electron chi connectivity index (χ4n) is 3.42. The second kappa shape index (κ2) is 7.46. The highest BCUT2D eigenvalue weighted by molar-refractivity contribution is 8.23. The molecule has 148 valence electrons. The summed E-state index contributed by atoms with van der Waals surface area (Å²) >= 11 is 0. The van der Waals surface area contributed by atoms with E-state index in [2.05, 4.69) is 9.13 Å². The second-order valence-electron chi connectivity index (χ2n) is 6.73. The summed E-state index contributed by atoms with van der Waals surface area (Å²) in [5, 5.41) is 0. The van der Waals surface area contributed by atoms with Crippen molar-refractivity contribution < 1.29 is 23.4 Å². The highest BCUT2D eigenvalue weighted by Crippen LogP contribution is 2.58. The lowest BCUT2D eigenvalue weighted by atomic mass is 10.1. The number of aryl methyl sites for hydroxylation is 1. The van der Waals surface area contributed by atoms with Crippen LogP contribution in [0.3, 0.4) is 0 Å². The molecule has 0 atom stereocenters. The zero-order chi connectivity index (χ0) is 19.7. The number of nitrogens with zero attached hydrogens (tertiary/aromatic N) is 2. The number of rotatable bonds is 5. The van der Waals surface area contributed by atoms with E-state index >= 15 is 0 Å². The molecule has 0 aromatic heterocycles. The van der Waals surface area contributed by atoms with Crippen LogP contribution in [0.1, 0.15) is 24.8 Å². The van der Waals surface area contributed by atoms with Crippen LogP contribution in [0.25, 0.3) is 0 Å². The van der Waals surface area contributed by atoms with Crippen molar-refractivity contribution in [1.29, 1.82) is 0 Å². The highest BCUT2D eigenvalue weighted by Gasteiger charge is 2.34. The van der Waals surface area contributed by atoms with Gasteiger partial charge in [-0.3, -0.25) is 13.9 Å². The summed E-state index contributed by atoms with van der Waals surface area (Å²) in [5.41, 5.74) is 1.79. The normalized spacial score (nSPS) is 18.0. The molecule has 28 heavy (non-hydrogen) atoms. The molecular formula is C20H22N2O5S. The van der Waals surface area contributed by atoms with Crippen LogP contribution in [0.4, 0.5) is 5.69 Å². The Kier molecular flexibility index (Phi) is 5.01. The van der Waals surface area contributed by atoms with Crippen LogP contribution < -0.4 is 9.64 Å². The Labute approximate surface area is 165 Å². The van der Waals surface area contributed by atoms with E-state index < -0.39 is 10.8 Å². The lowest BCUT2D eigenvalue weighted by molar-refractivity contribution is -0.140. The Morgan fingerprint density at radius 2 is 1.93 bits per heavy atom. The maximum Gasteiger partial charge on any atom is 0.305 e. The molecule has 2 heterocycles. The van der Waals surface area contributed by atoms with Gasteiger partial charge in [0.1, 0.15) is 22.2 Å². The zero-order valence-corrected chi connectivity index (χ0v) is 16.3. The molecule has 0 unspecified atom stereocenters. The lowest BCUT2D eigenvalue weighted by Crippen LogP contribution is -2.29. The topological polar surface area (TPSA) is 91.6 Å². The third-order valence-corrected chi connectivity index (χ3v) is 6.23. The number of esters is 1. The van der Waals surface area contributed by atoms with Gasteiger partial charge in [-0.25, -0.2) is 0 Å². The number of benzene rings is 2. The molecule has 0 saturated carbocycles. The summed E-state index contributed by atoms with van der Waals surface area (Å²) in [6.45, 7) is 0.828. The summed E-state index contributed by atoms with van der Waals surface area (Å²) in [6, 6.07) is 12.7. The molecule has 0 spiro atoms. The first-order valence-electron chi connectivity index (χ1n) is 9.08. The zero-order valence-electron chi connectivity index (χ0n) is 15.5. The quantitative estimate of drug-likeness (QED) is 0.709. The number of amidine groups is 1. The highest BCUT2D eigenvalue weighted by atomic mass is 32.3. The number of anilines is 1. The smallest absolute Gasteiger partial charge is 0.305 e. The standard InChI is InChI=1S/C20H22N2O5S/c1-26-20(23)11-6-14-4-7-15(8-5-14)27-16-9-10-17-18(13-16)28(24,25)21-19-3-2-12-22(17)19/h4-5,7-10,13,24-25H,2-3,6,11-12H2,1H3. The van der Waals surface area contributed by atoms with E-state index in [1.807, 2.05) is 41.3 Å². The van der Waals surface area contributed by atoms with Gasteiger partial charge in [0.15, 0.2) is 0 Å². The summed E-state index contributed by atoms with van der Waals surface area (Å²) in [5.74, 6) is 1.64. The van der Waals surface area contributed by atoms with Crippen molar-refractivity contribution in [2.24, 2.45) is 4.40 Å². The van der Waals surface area contributed by atoms with Crippen molar-refractivity contribution in [3.05, 3.63) is 48.0 Å². The second-order valence-corrected chi connectivity index (χ2v) is 8.39. The molecule has 4 rings (SSSR count). The van der Waals surface area contributed by atoms with E-state index in [-0.39, 0.29) is 5.97 Å². The molecule has 2 aliphatic rings. The SMILES string of the molecule is COC(=O)CCc1ccc(Oc2ccc3c(c2)S(O)(O)N=C2CCCN23)cc1. The van der Waals surface area contributed by atoms with Gasteiger partial charge < -0.3 is 14.4 Å². The maximum atomic E-state index is 11.2. The van der Waals surface area contributed by atoms with Crippen molar-refractivity contribution in [2.45, 2.75) is 30.6 Å². The van der Waals surface area contributed by atoms with Gasteiger partial charge in [-0.2, -0.15) is 0 Å². The average Bonchev–Trinajstić information content (AvgIpc) is 3.15. The van der Waals surface area contributed by atoms with E-state index in [1.54, 1.807) is 6.07 Å². The molecule has 2 aromatic carbocycles. The predicted molar refractivity (Wildman–Crippen MR) is 108 cm³/mol. The third-order valence-electron chi connectivity index (χ3n) is 4.85. The Hall–Kier alpha value is -2.55. The number of ether oxygens (including phenoxy) is 2. The third kappa shape index (κ3) is 3.71. The van der Waals surface area contributed by atoms with Crippen LogP contribution >= 0.6 is 10.8 Å². The molecule has 2 aliphatic heterocycles. The van der Waals surface area contributed by atoms with Gasteiger partial charge in [0.2, 0.25) is 0 Å². The van der Waals surface area contributed by atoms with E-state index in [9.17, 15) is 13.9 Å². The molecule has 1 saturated heterocycles. The Balaban J connectivity index is 1.50. The summed E-state index contributed by atoms with van der Waals surface area (Å²) in [4.78, 5) is 13.7. The van der Waals surface area contributed by atoms with Gasteiger partial charge in [0, 0.05) is 25.5 Å². The van der Waals surface area contributed by atoms with E-state index in [1.165, 1.54) is 7.11 Å². The summed E-state index contributed by atoms with van der Waals surface area (Å²) in [7, 11) is -1.84. The Bertz CT molecular complexity index is 927. The Morgan fingerprint density at radius 3 is 2.68 bits per heavy atom. The molecule has 0 radical (unpaired) electrons. The van der Waals surface area contributed by atoms with Gasteiger partial charge in [-0.15, -0.1) is 4.40 Å². The molecule has 0 bridgehead atoms. The van der Waals surface area contributed by atoms with Crippen LogP contribution in [0.2, 0.25) is 0 Å². The number of hydrogen-bond acceptors (Lipinski definition) is 7. The summed E-state index contributed by atoms with van der Waals surface area (Å²) in [6.07, 6.45) is 2.64. The molecule has 8 heteroatoms. The van der Waals surface area contributed by atoms with Gasteiger partial charge >= 0.3 is 5.97 Å². The fraction of sp³-hybridized carbons (Fsp3) is 0.300. The van der Waals surface area contributed by atoms with E-state index in [0.717, 1.165) is 36.5 Å². The monoisotopic (exact) mass is 402 g/mol. The lowest BCUT2D eigenvalue weighted by Gasteiger charge is -2.37. The van der Waals surface area contributed by atoms with Gasteiger partial charge in [-0.05, 0) is 42.7 Å². The van der Waals surface area contributed by atoms with E-state index in [4.69, 9.17) is 4.74 Å². The Morgan fingerprint density at radius 1 is 1.18 bits per heavy atom. The first-order chi connectivity index (χ1) is 13.5. The maximum absolute atomic E-state index is 11.2. The van der Waals surface area contributed by atoms with Crippen LogP contribution in [0.15, 0.2) is 51.8 Å². The van der Waals surface area contributed by atoms with Crippen LogP contribution in [-0.2, 0) is 16.0 Å². The van der Waals surface area contributed by atoms with Crippen LogP contribution in [0.5, 0.6) is 11.5 Å². The molecular weight excluding hydrogens is 380 g/mol. The molecule has 2 aromatic rings. The van der Waals surface area contributed by atoms with Crippen molar-refractivity contribution in [1.82, 2.24) is 0 Å². The van der Waals surface area contributed by atoms with Crippen LogP contribution in [0, 0.1) is 0 Å². The van der Waals surface area contributed by atoms with Crippen molar-refractivity contribution in [3.8, 4) is 11.5 Å². The number of carbonyl (C=O) groups excluding carboxylic acids is 1. The first kappa shape index (κ1) is 18.8. The number of methoxy groups -OCH3 is 1. The minimum atomic E-state index is -3.21. The van der Waals surface area contributed by atoms with Gasteiger partial charge in [0.25, 0.3) is 0 Å². The summed E-state index contributed by atoms with van der Waals surface area (Å²) < 4.78 is 35.6. The molecule has 7 nitrogen and oxygen atoms in total. The van der Waals surface area contributed by atoms with Gasteiger partial charge in [-0.1, -0.05) is 22.9 Å². The largest absolute Gasteiger partial charge is 0.469 e. The van der Waals surface area contributed by atoms with Crippen molar-refractivity contribution in [3.63, 3.8) is 0 Å². The number of fused-ring (bicyclic) bond motifs is 3. The minimum absolute atomic E-state index is 0.239. The van der Waals surface area contributed by atoms with Gasteiger partial charge in [0.05, 0.1) is 12.8 Å². The van der Waals surface area contributed by atoms with Crippen molar-refractivity contribution in [2.75, 3.05) is 18.6 Å². The van der Waals surface area contributed by atoms with Crippen molar-refractivity contribution >= 4 is 28.3 Å². The molecule has 0 aliphatic carbocycles.